The smallest absolute Gasteiger partial charge is 0.313 e. The lowest BCUT2D eigenvalue weighted by molar-refractivity contribution is -0.137. The fraction of sp³-hybridized carbons (Fsp3) is 0.400. The Morgan fingerprint density at radius 1 is 1.33 bits per heavy atom. The first-order chi connectivity index (χ1) is 6.86. The van der Waals surface area contributed by atoms with Gasteiger partial charge < -0.3 is 5.32 Å². The molecule has 0 saturated carbocycles. The maximum absolute atomic E-state index is 12.5. The second kappa shape index (κ2) is 4.41. The van der Waals surface area contributed by atoms with E-state index in [1.165, 1.54) is 6.07 Å². The molecule has 0 aliphatic rings. The van der Waals surface area contributed by atoms with Crippen LogP contribution in [-0.2, 0) is 6.18 Å². The lowest BCUT2D eigenvalue weighted by Gasteiger charge is -2.14. The molecule has 1 nitrogen and oxygen atoms in total. The Bertz CT molecular complexity index is 349. The van der Waals surface area contributed by atoms with Gasteiger partial charge in [0.05, 0.1) is 10.6 Å². The number of hydrogen-bond donors (Lipinski definition) is 1. The molecular formula is C10H11ClF3N. The van der Waals surface area contributed by atoms with Gasteiger partial charge in [-0.2, -0.15) is 13.2 Å². The molecule has 0 aromatic heterocycles. The average molecular weight is 238 g/mol. The number of hydrogen-bond acceptors (Lipinski definition) is 1. The van der Waals surface area contributed by atoms with Crippen molar-refractivity contribution in [1.29, 1.82) is 0 Å². The van der Waals surface area contributed by atoms with Crippen molar-refractivity contribution in [1.82, 2.24) is 5.32 Å². The summed E-state index contributed by atoms with van der Waals surface area (Å²) in [5.41, 5.74) is -0.224. The zero-order valence-corrected chi connectivity index (χ0v) is 9.08. The van der Waals surface area contributed by atoms with Crippen LogP contribution >= 0.6 is 11.6 Å². The zero-order chi connectivity index (χ0) is 11.6. The van der Waals surface area contributed by atoms with Crippen LogP contribution in [0.3, 0.4) is 0 Å². The van der Waals surface area contributed by atoms with Crippen LogP contribution in [0.4, 0.5) is 13.2 Å². The molecule has 0 amide bonds. The van der Waals surface area contributed by atoms with Gasteiger partial charge in [-0.3, -0.25) is 0 Å². The average Bonchev–Trinajstić information content (AvgIpc) is 2.15. The van der Waals surface area contributed by atoms with Gasteiger partial charge in [0.25, 0.3) is 0 Å². The molecule has 0 radical (unpaired) electrons. The van der Waals surface area contributed by atoms with Crippen LogP contribution in [0.15, 0.2) is 18.2 Å². The van der Waals surface area contributed by atoms with Gasteiger partial charge in [-0.25, -0.2) is 0 Å². The van der Waals surface area contributed by atoms with Crippen molar-refractivity contribution >= 4 is 11.6 Å². The molecule has 0 fully saturated rings. The van der Waals surface area contributed by atoms with Gasteiger partial charge >= 0.3 is 6.18 Å². The van der Waals surface area contributed by atoms with E-state index in [0.29, 0.717) is 5.56 Å². The van der Waals surface area contributed by atoms with Gasteiger partial charge in [-0.15, -0.1) is 0 Å². The third-order valence-corrected chi connectivity index (χ3v) is 2.56. The summed E-state index contributed by atoms with van der Waals surface area (Å²) < 4.78 is 37.5. The molecule has 0 aliphatic heterocycles. The van der Waals surface area contributed by atoms with Gasteiger partial charge in [-0.1, -0.05) is 17.7 Å². The van der Waals surface area contributed by atoms with E-state index in [2.05, 4.69) is 5.32 Å². The van der Waals surface area contributed by atoms with Crippen molar-refractivity contribution < 1.29 is 13.2 Å². The summed E-state index contributed by atoms with van der Waals surface area (Å²) >= 11 is 5.49. The fourth-order valence-electron chi connectivity index (χ4n) is 1.20. The number of halogens is 4. The fourth-order valence-corrected chi connectivity index (χ4v) is 1.42. The molecule has 0 heterocycles. The number of benzene rings is 1. The van der Waals surface area contributed by atoms with Gasteiger partial charge in [0.2, 0.25) is 0 Å². The molecule has 0 aliphatic carbocycles. The highest BCUT2D eigenvalue weighted by Crippen LogP contribution is 2.35. The van der Waals surface area contributed by atoms with Crippen LogP contribution in [0, 0.1) is 0 Å². The standard InChI is InChI=1S/C10H11ClF3N/c1-6(15-2)7-3-4-9(11)8(5-7)10(12,13)14/h3-6,15H,1-2H3. The molecule has 5 heteroatoms. The third-order valence-electron chi connectivity index (χ3n) is 2.23. The molecule has 1 N–H and O–H groups in total. The van der Waals surface area contributed by atoms with Crippen molar-refractivity contribution in [3.63, 3.8) is 0 Å². The van der Waals surface area contributed by atoms with Crippen molar-refractivity contribution in [2.75, 3.05) is 7.05 Å². The van der Waals surface area contributed by atoms with Crippen molar-refractivity contribution in [2.24, 2.45) is 0 Å². The van der Waals surface area contributed by atoms with Gasteiger partial charge in [0.1, 0.15) is 0 Å². The summed E-state index contributed by atoms with van der Waals surface area (Å²) in [5, 5.41) is 2.60. The highest BCUT2D eigenvalue weighted by Gasteiger charge is 2.33. The Kier molecular flexibility index (Phi) is 3.62. The molecule has 1 aromatic rings. The highest BCUT2D eigenvalue weighted by molar-refractivity contribution is 6.31. The SMILES string of the molecule is CNC(C)c1ccc(Cl)c(C(F)(F)F)c1. The van der Waals surface area contributed by atoms with Crippen LogP contribution < -0.4 is 5.32 Å². The second-order valence-electron chi connectivity index (χ2n) is 3.25. The predicted octanol–water partition coefficient (Wildman–Crippen LogP) is 3.64. The Hall–Kier alpha value is -0.740. The first-order valence-electron chi connectivity index (χ1n) is 4.40. The lowest BCUT2D eigenvalue weighted by Crippen LogP contribution is -2.14. The molecular weight excluding hydrogens is 227 g/mol. The minimum Gasteiger partial charge on any atom is -0.313 e. The third kappa shape index (κ3) is 2.86. The summed E-state index contributed by atoms with van der Waals surface area (Å²) in [6, 6.07) is 3.79. The van der Waals surface area contributed by atoms with Gasteiger partial charge in [0.15, 0.2) is 0 Å². The molecule has 15 heavy (non-hydrogen) atoms. The van der Waals surface area contributed by atoms with E-state index in [0.717, 1.165) is 6.07 Å². The van der Waals surface area contributed by atoms with E-state index in [9.17, 15) is 13.2 Å². The van der Waals surface area contributed by atoms with E-state index in [1.54, 1.807) is 20.0 Å². The largest absolute Gasteiger partial charge is 0.417 e. The molecule has 0 bridgehead atoms. The molecule has 0 spiro atoms. The summed E-state index contributed by atoms with van der Waals surface area (Å²) in [6.45, 7) is 1.78. The normalized spacial score (nSPS) is 14.0. The van der Waals surface area contributed by atoms with E-state index < -0.39 is 11.7 Å². The number of nitrogens with one attached hydrogen (secondary N) is 1. The number of rotatable bonds is 2. The van der Waals surface area contributed by atoms with Crippen molar-refractivity contribution in [2.45, 2.75) is 19.1 Å². The summed E-state index contributed by atoms with van der Waals surface area (Å²) in [4.78, 5) is 0. The quantitative estimate of drug-likeness (QED) is 0.828. The Labute approximate surface area is 91.2 Å². The van der Waals surface area contributed by atoms with Crippen LogP contribution in [0.2, 0.25) is 5.02 Å². The lowest BCUT2D eigenvalue weighted by atomic mass is 10.1. The minimum absolute atomic E-state index is 0.136. The molecule has 1 rings (SSSR count). The van der Waals surface area contributed by atoms with Crippen LogP contribution in [0.5, 0.6) is 0 Å². The predicted molar refractivity (Wildman–Crippen MR) is 53.9 cm³/mol. The second-order valence-corrected chi connectivity index (χ2v) is 3.65. The minimum atomic E-state index is -4.40. The van der Waals surface area contributed by atoms with Crippen molar-refractivity contribution in [3.8, 4) is 0 Å². The molecule has 1 unspecified atom stereocenters. The van der Waals surface area contributed by atoms with Crippen LogP contribution in [-0.4, -0.2) is 7.05 Å². The van der Waals surface area contributed by atoms with E-state index >= 15 is 0 Å². The van der Waals surface area contributed by atoms with Crippen LogP contribution in [0.1, 0.15) is 24.1 Å². The van der Waals surface area contributed by atoms with Crippen LogP contribution in [0.25, 0.3) is 0 Å². The van der Waals surface area contributed by atoms with E-state index in [-0.39, 0.29) is 11.1 Å². The zero-order valence-electron chi connectivity index (χ0n) is 8.32. The molecule has 84 valence electrons. The van der Waals surface area contributed by atoms with E-state index in [4.69, 9.17) is 11.6 Å². The maximum atomic E-state index is 12.5. The summed E-state index contributed by atoms with van der Waals surface area (Å²) in [7, 11) is 1.69. The monoisotopic (exact) mass is 237 g/mol. The molecule has 0 saturated heterocycles. The first kappa shape index (κ1) is 12.3. The van der Waals surface area contributed by atoms with Gasteiger partial charge in [-0.05, 0) is 31.7 Å². The maximum Gasteiger partial charge on any atom is 0.417 e. The topological polar surface area (TPSA) is 12.0 Å². The molecule has 1 aromatic carbocycles. The van der Waals surface area contributed by atoms with Gasteiger partial charge in [0, 0.05) is 6.04 Å². The van der Waals surface area contributed by atoms with E-state index in [1.807, 2.05) is 0 Å². The summed E-state index contributed by atoms with van der Waals surface area (Å²) in [6.07, 6.45) is -4.40. The summed E-state index contributed by atoms with van der Waals surface area (Å²) in [5.74, 6) is 0. The van der Waals surface area contributed by atoms with Crippen molar-refractivity contribution in [3.05, 3.63) is 34.3 Å². The first-order valence-corrected chi connectivity index (χ1v) is 4.78. The Balaban J connectivity index is 3.17. The number of alkyl halides is 3. The molecule has 1 atom stereocenters. The Morgan fingerprint density at radius 2 is 1.93 bits per heavy atom. The highest BCUT2D eigenvalue weighted by atomic mass is 35.5. The Morgan fingerprint density at radius 3 is 2.40 bits per heavy atom.